The van der Waals surface area contributed by atoms with Crippen LogP contribution in [0.3, 0.4) is 0 Å². The van der Waals surface area contributed by atoms with E-state index >= 15 is 0 Å². The third-order valence-electron chi connectivity index (χ3n) is 4.06. The Morgan fingerprint density at radius 1 is 0.706 bits per heavy atom. The molecule has 0 aromatic carbocycles. The van der Waals surface area contributed by atoms with Gasteiger partial charge in [0.1, 0.15) is 0 Å². The van der Waals surface area contributed by atoms with Crippen LogP contribution in [0.25, 0.3) is 0 Å². The van der Waals surface area contributed by atoms with E-state index in [1.807, 2.05) is 0 Å². The maximum atomic E-state index is 6.17. The first-order valence-corrected chi connectivity index (χ1v) is 7.68. The number of hydrogen-bond donors (Lipinski definition) is 0. The highest BCUT2D eigenvalue weighted by molar-refractivity contribution is 4.67. The molecule has 104 valence electrons. The fourth-order valence-corrected chi connectivity index (χ4v) is 2.13. The van der Waals surface area contributed by atoms with Crippen molar-refractivity contribution >= 4 is 0 Å². The third-order valence-corrected chi connectivity index (χ3v) is 4.06. The molecule has 0 N–H and O–H groups in total. The van der Waals surface area contributed by atoms with Crippen LogP contribution in [0.15, 0.2) is 0 Å². The number of rotatable bonds is 10. The number of ether oxygens (including phenoxy) is 1. The minimum atomic E-state index is 0.403. The highest BCUT2D eigenvalue weighted by Gasteiger charge is 2.19. The normalized spacial score (nSPS) is 18.7. The first-order chi connectivity index (χ1) is 8.02. The minimum Gasteiger partial charge on any atom is -0.375 e. The van der Waals surface area contributed by atoms with Crippen LogP contribution >= 0.6 is 0 Å². The summed E-state index contributed by atoms with van der Waals surface area (Å²) in [5.74, 6) is 1.38. The van der Waals surface area contributed by atoms with E-state index in [9.17, 15) is 0 Å². The Labute approximate surface area is 109 Å². The zero-order chi connectivity index (χ0) is 13.3. The summed E-state index contributed by atoms with van der Waals surface area (Å²) in [6.07, 6.45) is 8.64. The Hall–Kier alpha value is -0.0400. The molecule has 0 aromatic heterocycles. The summed E-state index contributed by atoms with van der Waals surface area (Å²) in [6.45, 7) is 13.6. The average molecular weight is 242 g/mol. The van der Waals surface area contributed by atoms with Crippen molar-refractivity contribution in [3.8, 4) is 0 Å². The molecule has 0 saturated heterocycles. The summed E-state index contributed by atoms with van der Waals surface area (Å²) in [5, 5.41) is 0. The predicted octanol–water partition coefficient (Wildman–Crippen LogP) is 5.43. The lowest BCUT2D eigenvalue weighted by atomic mass is 9.96. The van der Waals surface area contributed by atoms with Gasteiger partial charge in [-0.1, -0.05) is 53.4 Å². The summed E-state index contributed by atoms with van der Waals surface area (Å²) < 4.78 is 6.17. The van der Waals surface area contributed by atoms with Gasteiger partial charge in [-0.15, -0.1) is 0 Å². The largest absolute Gasteiger partial charge is 0.375 e. The SMILES string of the molecule is CCCCC(C)C(C)OC(C)C(C)CCCC. The van der Waals surface area contributed by atoms with Gasteiger partial charge in [-0.05, 0) is 38.5 Å². The quantitative estimate of drug-likeness (QED) is 0.496. The Balaban J connectivity index is 3.87. The van der Waals surface area contributed by atoms with Crippen molar-refractivity contribution in [1.82, 2.24) is 0 Å². The lowest BCUT2D eigenvalue weighted by molar-refractivity contribution is -0.0472. The van der Waals surface area contributed by atoms with Gasteiger partial charge in [0.2, 0.25) is 0 Å². The van der Waals surface area contributed by atoms with Crippen LogP contribution in [-0.4, -0.2) is 12.2 Å². The molecule has 0 bridgehead atoms. The second kappa shape index (κ2) is 9.94. The van der Waals surface area contributed by atoms with Crippen LogP contribution in [0.2, 0.25) is 0 Å². The van der Waals surface area contributed by atoms with Crippen molar-refractivity contribution in [3.05, 3.63) is 0 Å². The molecule has 1 nitrogen and oxygen atoms in total. The summed E-state index contributed by atoms with van der Waals surface area (Å²) in [7, 11) is 0. The first kappa shape index (κ1) is 17.0. The minimum absolute atomic E-state index is 0.403. The Morgan fingerprint density at radius 2 is 1.06 bits per heavy atom. The molecule has 0 heterocycles. The van der Waals surface area contributed by atoms with Gasteiger partial charge in [0.15, 0.2) is 0 Å². The monoisotopic (exact) mass is 242 g/mol. The Kier molecular flexibility index (Phi) is 9.91. The maximum absolute atomic E-state index is 6.17. The number of unbranched alkanes of at least 4 members (excludes halogenated alkanes) is 2. The van der Waals surface area contributed by atoms with Crippen LogP contribution in [0.4, 0.5) is 0 Å². The van der Waals surface area contributed by atoms with E-state index in [-0.39, 0.29) is 0 Å². The molecule has 0 aromatic rings. The van der Waals surface area contributed by atoms with E-state index in [0.29, 0.717) is 24.0 Å². The van der Waals surface area contributed by atoms with E-state index in [4.69, 9.17) is 4.74 Å². The van der Waals surface area contributed by atoms with Crippen LogP contribution in [-0.2, 0) is 4.74 Å². The fourth-order valence-electron chi connectivity index (χ4n) is 2.13. The molecule has 0 aliphatic heterocycles. The van der Waals surface area contributed by atoms with Gasteiger partial charge >= 0.3 is 0 Å². The van der Waals surface area contributed by atoms with Crippen LogP contribution in [0.5, 0.6) is 0 Å². The smallest absolute Gasteiger partial charge is 0.0576 e. The van der Waals surface area contributed by atoms with Gasteiger partial charge in [-0.2, -0.15) is 0 Å². The molecule has 0 amide bonds. The molecule has 0 rings (SSSR count). The second-order valence-corrected chi connectivity index (χ2v) is 5.79. The van der Waals surface area contributed by atoms with Crippen molar-refractivity contribution in [2.75, 3.05) is 0 Å². The second-order valence-electron chi connectivity index (χ2n) is 5.79. The molecule has 0 spiro atoms. The topological polar surface area (TPSA) is 9.23 Å². The number of hydrogen-bond acceptors (Lipinski definition) is 1. The zero-order valence-corrected chi connectivity index (χ0v) is 13.0. The van der Waals surface area contributed by atoms with E-state index in [1.165, 1.54) is 38.5 Å². The van der Waals surface area contributed by atoms with Crippen LogP contribution in [0, 0.1) is 11.8 Å². The van der Waals surface area contributed by atoms with Gasteiger partial charge in [-0.3, -0.25) is 0 Å². The molecule has 0 fully saturated rings. The van der Waals surface area contributed by atoms with E-state index in [0.717, 1.165) is 0 Å². The van der Waals surface area contributed by atoms with E-state index in [2.05, 4.69) is 41.5 Å². The van der Waals surface area contributed by atoms with Crippen molar-refractivity contribution in [2.24, 2.45) is 11.8 Å². The molecule has 17 heavy (non-hydrogen) atoms. The summed E-state index contributed by atoms with van der Waals surface area (Å²) in [6, 6.07) is 0. The molecular formula is C16H34O. The first-order valence-electron chi connectivity index (χ1n) is 7.68. The molecule has 0 aliphatic rings. The van der Waals surface area contributed by atoms with E-state index < -0.39 is 0 Å². The third kappa shape index (κ3) is 7.81. The molecule has 1 heteroatoms. The average Bonchev–Trinajstić information content (AvgIpc) is 2.32. The molecule has 4 unspecified atom stereocenters. The van der Waals surface area contributed by atoms with Gasteiger partial charge in [0.25, 0.3) is 0 Å². The molecule has 0 aliphatic carbocycles. The highest BCUT2D eigenvalue weighted by atomic mass is 16.5. The van der Waals surface area contributed by atoms with Gasteiger partial charge < -0.3 is 4.74 Å². The Bertz CT molecular complexity index is 149. The van der Waals surface area contributed by atoms with Crippen LogP contribution < -0.4 is 0 Å². The maximum Gasteiger partial charge on any atom is 0.0576 e. The van der Waals surface area contributed by atoms with Crippen molar-refractivity contribution in [3.63, 3.8) is 0 Å². The van der Waals surface area contributed by atoms with Gasteiger partial charge in [-0.25, -0.2) is 0 Å². The predicted molar refractivity (Wildman–Crippen MR) is 77.4 cm³/mol. The lowest BCUT2D eigenvalue weighted by Crippen LogP contribution is -2.27. The highest BCUT2D eigenvalue weighted by Crippen LogP contribution is 2.21. The summed E-state index contributed by atoms with van der Waals surface area (Å²) in [5.41, 5.74) is 0. The molecule has 0 saturated carbocycles. The van der Waals surface area contributed by atoms with Crippen molar-refractivity contribution < 1.29 is 4.74 Å². The standard InChI is InChI=1S/C16H34O/c1-7-9-11-13(3)15(5)17-16(6)14(4)12-10-8-2/h13-16H,7-12H2,1-6H3. The molecule has 0 radical (unpaired) electrons. The van der Waals surface area contributed by atoms with Crippen molar-refractivity contribution in [1.29, 1.82) is 0 Å². The molecule has 4 atom stereocenters. The molecular weight excluding hydrogens is 208 g/mol. The van der Waals surface area contributed by atoms with Gasteiger partial charge in [0.05, 0.1) is 12.2 Å². The Morgan fingerprint density at radius 3 is 1.35 bits per heavy atom. The fraction of sp³-hybridized carbons (Fsp3) is 1.00. The lowest BCUT2D eigenvalue weighted by Gasteiger charge is -2.28. The van der Waals surface area contributed by atoms with Gasteiger partial charge in [0, 0.05) is 0 Å². The van der Waals surface area contributed by atoms with Crippen LogP contribution in [0.1, 0.15) is 80.1 Å². The summed E-state index contributed by atoms with van der Waals surface area (Å²) >= 11 is 0. The summed E-state index contributed by atoms with van der Waals surface area (Å²) in [4.78, 5) is 0. The zero-order valence-electron chi connectivity index (χ0n) is 13.0. The van der Waals surface area contributed by atoms with Crippen molar-refractivity contribution in [2.45, 2.75) is 92.3 Å². The van der Waals surface area contributed by atoms with E-state index in [1.54, 1.807) is 0 Å².